The molecule has 13 heavy (non-hydrogen) atoms. The Morgan fingerprint density at radius 1 is 1.31 bits per heavy atom. The maximum Gasteiger partial charge on any atom is 0.143 e. The molecule has 2 rings (SSSR count). The lowest BCUT2D eigenvalue weighted by atomic mass is 10.2. The third kappa shape index (κ3) is 1.28. The molecule has 3 nitrogen and oxygen atoms in total. The van der Waals surface area contributed by atoms with Gasteiger partial charge in [0.25, 0.3) is 0 Å². The van der Waals surface area contributed by atoms with Crippen LogP contribution in [0.1, 0.15) is 0 Å². The van der Waals surface area contributed by atoms with Crippen LogP contribution in [0.25, 0.3) is 11.4 Å². The van der Waals surface area contributed by atoms with Crippen LogP contribution in [-0.2, 0) is 7.05 Å². The second-order valence-corrected chi connectivity index (χ2v) is 2.88. The predicted octanol–water partition coefficient (Wildman–Crippen LogP) is 1.79. The van der Waals surface area contributed by atoms with Crippen molar-refractivity contribution in [2.75, 3.05) is 0 Å². The number of phenols is 1. The molecule has 1 aromatic carbocycles. The Kier molecular flexibility index (Phi) is 1.77. The largest absolute Gasteiger partial charge is 0.507 e. The molecule has 0 fully saturated rings. The first-order chi connectivity index (χ1) is 6.29. The lowest BCUT2D eigenvalue weighted by molar-refractivity contribution is 0.476. The van der Waals surface area contributed by atoms with Gasteiger partial charge in [-0.05, 0) is 12.1 Å². The Morgan fingerprint density at radius 3 is 2.69 bits per heavy atom. The summed E-state index contributed by atoms with van der Waals surface area (Å²) in [6.07, 6.45) is 3.56. The molecule has 0 radical (unpaired) electrons. The number of nitrogens with zero attached hydrogens (tertiary/aromatic N) is 2. The van der Waals surface area contributed by atoms with Crippen molar-refractivity contribution in [3.8, 4) is 17.1 Å². The van der Waals surface area contributed by atoms with E-state index in [1.54, 1.807) is 18.3 Å². The monoisotopic (exact) mass is 174 g/mol. The Bertz CT molecular complexity index is 420. The van der Waals surface area contributed by atoms with Gasteiger partial charge in [-0.1, -0.05) is 12.1 Å². The highest BCUT2D eigenvalue weighted by molar-refractivity contribution is 5.63. The fraction of sp³-hybridized carbons (Fsp3) is 0.100. The van der Waals surface area contributed by atoms with Crippen LogP contribution in [0.15, 0.2) is 36.7 Å². The van der Waals surface area contributed by atoms with Crippen molar-refractivity contribution >= 4 is 0 Å². The first-order valence-electron chi connectivity index (χ1n) is 4.05. The normalized spacial score (nSPS) is 10.2. The molecule has 0 unspecified atom stereocenters. The molecular weight excluding hydrogens is 164 g/mol. The predicted molar refractivity (Wildman–Crippen MR) is 50.3 cm³/mol. The van der Waals surface area contributed by atoms with Crippen molar-refractivity contribution in [2.45, 2.75) is 0 Å². The van der Waals surface area contributed by atoms with E-state index in [1.165, 1.54) is 0 Å². The molecule has 1 heterocycles. The van der Waals surface area contributed by atoms with E-state index in [-0.39, 0.29) is 5.75 Å². The number of aromatic nitrogens is 2. The molecule has 1 N–H and O–H groups in total. The zero-order valence-corrected chi connectivity index (χ0v) is 7.31. The number of rotatable bonds is 1. The standard InChI is InChI=1S/C10H10N2O/c1-12-7-6-11-10(12)8-4-2-3-5-9(8)13/h2-7,13H,1H3. The van der Waals surface area contributed by atoms with Crippen molar-refractivity contribution in [3.05, 3.63) is 36.7 Å². The van der Waals surface area contributed by atoms with Gasteiger partial charge in [-0.3, -0.25) is 0 Å². The van der Waals surface area contributed by atoms with Gasteiger partial charge in [0, 0.05) is 19.4 Å². The minimum absolute atomic E-state index is 0.261. The van der Waals surface area contributed by atoms with Crippen molar-refractivity contribution < 1.29 is 5.11 Å². The number of para-hydroxylation sites is 1. The number of imidazole rings is 1. The molecule has 0 saturated heterocycles. The van der Waals surface area contributed by atoms with E-state index in [1.807, 2.05) is 29.9 Å². The van der Waals surface area contributed by atoms with Gasteiger partial charge in [0.05, 0.1) is 5.56 Å². The molecule has 0 aliphatic heterocycles. The smallest absolute Gasteiger partial charge is 0.143 e. The molecule has 0 aliphatic carbocycles. The highest BCUT2D eigenvalue weighted by Gasteiger charge is 2.06. The highest BCUT2D eigenvalue weighted by Crippen LogP contribution is 2.26. The Hall–Kier alpha value is -1.77. The summed E-state index contributed by atoms with van der Waals surface area (Å²) in [7, 11) is 1.90. The van der Waals surface area contributed by atoms with E-state index in [2.05, 4.69) is 4.98 Å². The molecule has 0 saturated carbocycles. The summed E-state index contributed by atoms with van der Waals surface area (Å²) in [6, 6.07) is 7.17. The fourth-order valence-corrected chi connectivity index (χ4v) is 1.29. The van der Waals surface area contributed by atoms with Crippen molar-refractivity contribution in [1.82, 2.24) is 9.55 Å². The number of benzene rings is 1. The van der Waals surface area contributed by atoms with Crippen LogP contribution in [0.4, 0.5) is 0 Å². The van der Waals surface area contributed by atoms with Gasteiger partial charge in [0.1, 0.15) is 11.6 Å². The molecule has 2 aromatic rings. The maximum atomic E-state index is 9.55. The third-order valence-corrected chi connectivity index (χ3v) is 1.97. The second kappa shape index (κ2) is 2.94. The van der Waals surface area contributed by atoms with E-state index in [9.17, 15) is 5.11 Å². The Balaban J connectivity index is 2.59. The minimum Gasteiger partial charge on any atom is -0.507 e. The van der Waals surface area contributed by atoms with Gasteiger partial charge in [0.15, 0.2) is 0 Å². The first kappa shape index (κ1) is 7.86. The number of hydrogen-bond donors (Lipinski definition) is 1. The Morgan fingerprint density at radius 2 is 2.08 bits per heavy atom. The molecule has 0 aliphatic rings. The summed E-state index contributed by atoms with van der Waals surface area (Å²) in [5.74, 6) is 1.04. The van der Waals surface area contributed by atoms with Gasteiger partial charge in [-0.15, -0.1) is 0 Å². The van der Waals surface area contributed by atoms with Crippen LogP contribution < -0.4 is 0 Å². The van der Waals surface area contributed by atoms with Crippen LogP contribution >= 0.6 is 0 Å². The van der Waals surface area contributed by atoms with E-state index in [0.29, 0.717) is 0 Å². The number of hydrogen-bond acceptors (Lipinski definition) is 2. The quantitative estimate of drug-likeness (QED) is 0.715. The molecular formula is C10H10N2O. The van der Waals surface area contributed by atoms with Crippen molar-refractivity contribution in [1.29, 1.82) is 0 Å². The molecule has 0 atom stereocenters. The number of aryl methyl sites for hydroxylation is 1. The first-order valence-corrected chi connectivity index (χ1v) is 4.05. The fourth-order valence-electron chi connectivity index (χ4n) is 1.29. The molecule has 1 aromatic heterocycles. The van der Waals surface area contributed by atoms with Crippen LogP contribution in [0.5, 0.6) is 5.75 Å². The zero-order valence-electron chi connectivity index (χ0n) is 7.31. The van der Waals surface area contributed by atoms with Crippen LogP contribution in [-0.4, -0.2) is 14.7 Å². The minimum atomic E-state index is 0.261. The van der Waals surface area contributed by atoms with E-state index < -0.39 is 0 Å². The highest BCUT2D eigenvalue weighted by atomic mass is 16.3. The summed E-state index contributed by atoms with van der Waals surface area (Å²) in [5, 5.41) is 9.55. The summed E-state index contributed by atoms with van der Waals surface area (Å²) < 4.78 is 1.87. The van der Waals surface area contributed by atoms with Gasteiger partial charge >= 0.3 is 0 Å². The number of phenolic OH excluding ortho intramolecular Hbond substituents is 1. The van der Waals surface area contributed by atoms with Crippen LogP contribution in [0, 0.1) is 0 Å². The topological polar surface area (TPSA) is 38.0 Å². The molecule has 0 spiro atoms. The molecule has 66 valence electrons. The van der Waals surface area contributed by atoms with Gasteiger partial charge in [0.2, 0.25) is 0 Å². The van der Waals surface area contributed by atoms with E-state index in [0.717, 1.165) is 11.4 Å². The summed E-state index contributed by atoms with van der Waals surface area (Å²) in [6.45, 7) is 0. The second-order valence-electron chi connectivity index (χ2n) is 2.88. The van der Waals surface area contributed by atoms with Gasteiger partial charge in [-0.25, -0.2) is 4.98 Å². The summed E-state index contributed by atoms with van der Waals surface area (Å²) in [4.78, 5) is 4.15. The molecule has 0 bridgehead atoms. The van der Waals surface area contributed by atoms with Crippen molar-refractivity contribution in [2.24, 2.45) is 7.05 Å². The van der Waals surface area contributed by atoms with E-state index in [4.69, 9.17) is 0 Å². The van der Waals surface area contributed by atoms with Gasteiger partial charge < -0.3 is 9.67 Å². The van der Waals surface area contributed by atoms with Crippen LogP contribution in [0.3, 0.4) is 0 Å². The average molecular weight is 174 g/mol. The molecule has 0 amide bonds. The lowest BCUT2D eigenvalue weighted by Gasteiger charge is -2.03. The zero-order chi connectivity index (χ0) is 9.26. The van der Waals surface area contributed by atoms with E-state index >= 15 is 0 Å². The third-order valence-electron chi connectivity index (χ3n) is 1.97. The maximum absolute atomic E-state index is 9.55. The Labute approximate surface area is 76.3 Å². The molecule has 3 heteroatoms. The van der Waals surface area contributed by atoms with Gasteiger partial charge in [-0.2, -0.15) is 0 Å². The van der Waals surface area contributed by atoms with Crippen molar-refractivity contribution in [3.63, 3.8) is 0 Å². The lowest BCUT2D eigenvalue weighted by Crippen LogP contribution is -1.90. The summed E-state index contributed by atoms with van der Waals surface area (Å²) >= 11 is 0. The average Bonchev–Trinajstić information content (AvgIpc) is 2.52. The summed E-state index contributed by atoms with van der Waals surface area (Å²) in [5.41, 5.74) is 0.759. The van der Waals surface area contributed by atoms with Crippen LogP contribution in [0.2, 0.25) is 0 Å². The number of aromatic hydroxyl groups is 1. The SMILES string of the molecule is Cn1ccnc1-c1ccccc1O.